The number of anilines is 1. The molecule has 1 saturated heterocycles. The van der Waals surface area contributed by atoms with E-state index in [2.05, 4.69) is 32.6 Å². The zero-order valence-electron chi connectivity index (χ0n) is 18.5. The summed E-state index contributed by atoms with van der Waals surface area (Å²) in [5, 5.41) is 4.40. The van der Waals surface area contributed by atoms with Crippen LogP contribution in [0.5, 0.6) is 0 Å². The Bertz CT molecular complexity index is 1420. The average molecular weight is 432 g/mol. The molecule has 4 aromatic heterocycles. The van der Waals surface area contributed by atoms with Gasteiger partial charge < -0.3 is 15.0 Å². The second-order valence-corrected chi connectivity index (χ2v) is 8.35. The van der Waals surface area contributed by atoms with Crippen molar-refractivity contribution in [3.63, 3.8) is 0 Å². The largest absolute Gasteiger partial charge is 0.354 e. The molecule has 1 aliphatic heterocycles. The molecule has 1 fully saturated rings. The third kappa shape index (κ3) is 3.52. The molecule has 164 valence electrons. The number of piperidine rings is 1. The van der Waals surface area contributed by atoms with Crippen LogP contribution in [0, 0.1) is 18.8 Å². The number of rotatable bonds is 4. The number of pyridine rings is 1. The lowest BCUT2D eigenvalue weighted by Crippen LogP contribution is -2.67. The number of aryl methyl sites for hydroxylation is 1. The van der Waals surface area contributed by atoms with Crippen LogP contribution in [0.4, 0.5) is 5.95 Å². The average Bonchev–Trinajstić information content (AvgIpc) is 3.36. The molecule has 0 aromatic carbocycles. The molecule has 1 unspecified atom stereocenters. The van der Waals surface area contributed by atoms with Gasteiger partial charge in [-0.05, 0) is 32.4 Å². The quantitative estimate of drug-likeness (QED) is 0.483. The van der Waals surface area contributed by atoms with E-state index in [-0.39, 0.29) is 5.56 Å². The SMILES string of the molecule is CC#CCn1c(N2CCCC([NH3+])C2)nc2cnn(Cc3cn4c(C)cccc4n3)c(=O)c21. The Hall–Kier alpha value is -3.64. The Morgan fingerprint density at radius 2 is 2.16 bits per heavy atom. The molecule has 32 heavy (non-hydrogen) atoms. The van der Waals surface area contributed by atoms with E-state index in [0.717, 1.165) is 48.9 Å². The lowest BCUT2D eigenvalue weighted by atomic mass is 10.1. The van der Waals surface area contributed by atoms with Gasteiger partial charge in [0.25, 0.3) is 5.56 Å². The van der Waals surface area contributed by atoms with Crippen molar-refractivity contribution < 1.29 is 5.73 Å². The van der Waals surface area contributed by atoms with Crippen LogP contribution in [-0.2, 0) is 13.1 Å². The molecule has 0 bridgehead atoms. The van der Waals surface area contributed by atoms with Gasteiger partial charge in [-0.1, -0.05) is 12.0 Å². The number of aromatic nitrogens is 6. The first-order valence-electron chi connectivity index (χ1n) is 10.9. The van der Waals surface area contributed by atoms with E-state index < -0.39 is 0 Å². The molecule has 5 rings (SSSR count). The van der Waals surface area contributed by atoms with Gasteiger partial charge >= 0.3 is 0 Å². The normalized spacial score (nSPS) is 16.5. The first-order valence-corrected chi connectivity index (χ1v) is 10.9. The van der Waals surface area contributed by atoms with Crippen LogP contribution >= 0.6 is 0 Å². The summed E-state index contributed by atoms with van der Waals surface area (Å²) in [6.45, 7) is 6.26. The highest BCUT2D eigenvalue weighted by Crippen LogP contribution is 2.22. The van der Waals surface area contributed by atoms with Crippen molar-refractivity contribution in [3.8, 4) is 11.8 Å². The third-order valence-electron chi connectivity index (χ3n) is 6.00. The summed E-state index contributed by atoms with van der Waals surface area (Å²) in [4.78, 5) is 25.1. The van der Waals surface area contributed by atoms with Gasteiger partial charge in [0.15, 0.2) is 0 Å². The maximum atomic E-state index is 13.5. The number of quaternary nitrogens is 1. The fraction of sp³-hybridized carbons (Fsp3) is 0.391. The van der Waals surface area contributed by atoms with Gasteiger partial charge in [0.1, 0.15) is 22.7 Å². The third-order valence-corrected chi connectivity index (χ3v) is 6.00. The molecular weight excluding hydrogens is 404 g/mol. The van der Waals surface area contributed by atoms with Gasteiger partial charge in [-0.25, -0.2) is 14.6 Å². The Balaban J connectivity index is 1.58. The zero-order chi connectivity index (χ0) is 22.2. The predicted octanol–water partition coefficient (Wildman–Crippen LogP) is 0.831. The molecule has 0 spiro atoms. The topological polar surface area (TPSA) is 101 Å². The number of fused-ring (bicyclic) bond motifs is 2. The highest BCUT2D eigenvalue weighted by atomic mass is 16.1. The lowest BCUT2D eigenvalue weighted by molar-refractivity contribution is -0.419. The van der Waals surface area contributed by atoms with Crippen molar-refractivity contribution in [3.05, 3.63) is 52.3 Å². The van der Waals surface area contributed by atoms with E-state index >= 15 is 0 Å². The second kappa shape index (κ2) is 8.13. The van der Waals surface area contributed by atoms with Crippen molar-refractivity contribution >= 4 is 22.6 Å². The van der Waals surface area contributed by atoms with Crippen LogP contribution in [0.25, 0.3) is 16.7 Å². The van der Waals surface area contributed by atoms with Crippen molar-refractivity contribution in [2.24, 2.45) is 0 Å². The fourth-order valence-corrected chi connectivity index (χ4v) is 4.41. The molecule has 9 nitrogen and oxygen atoms in total. The standard InChI is InChI=1S/C23H26N8O/c1-3-4-11-29-21-19(27-23(29)28-10-6-8-17(24)13-28)12-25-31(22(21)32)15-18-14-30-16(2)7-5-9-20(30)26-18/h5,7,9,12,14,17H,6,8,10-11,13,15,24H2,1-2H3/p+1. The van der Waals surface area contributed by atoms with Gasteiger partial charge in [-0.15, -0.1) is 5.92 Å². The van der Waals surface area contributed by atoms with Crippen molar-refractivity contribution in [2.75, 3.05) is 18.0 Å². The highest BCUT2D eigenvalue weighted by Gasteiger charge is 2.25. The minimum absolute atomic E-state index is 0.184. The Morgan fingerprint density at radius 1 is 1.28 bits per heavy atom. The molecule has 4 aromatic rings. The minimum Gasteiger partial charge on any atom is -0.354 e. The van der Waals surface area contributed by atoms with Gasteiger partial charge in [-0.2, -0.15) is 5.10 Å². The molecule has 0 radical (unpaired) electrons. The Kier molecular flexibility index (Phi) is 5.15. The maximum Gasteiger partial charge on any atom is 0.293 e. The van der Waals surface area contributed by atoms with Gasteiger partial charge in [0.05, 0.1) is 31.5 Å². The molecule has 1 atom stereocenters. The van der Waals surface area contributed by atoms with Crippen LogP contribution in [0.2, 0.25) is 0 Å². The summed E-state index contributed by atoms with van der Waals surface area (Å²) in [7, 11) is 0. The van der Waals surface area contributed by atoms with Crippen LogP contribution < -0.4 is 16.2 Å². The Labute approximate surface area is 185 Å². The minimum atomic E-state index is -0.184. The predicted molar refractivity (Wildman–Crippen MR) is 122 cm³/mol. The molecule has 1 aliphatic rings. The van der Waals surface area contributed by atoms with Crippen molar-refractivity contribution in [1.82, 2.24) is 28.7 Å². The summed E-state index contributed by atoms with van der Waals surface area (Å²) in [6, 6.07) is 6.31. The van der Waals surface area contributed by atoms with E-state index in [1.165, 1.54) is 4.68 Å². The molecule has 5 heterocycles. The van der Waals surface area contributed by atoms with Crippen LogP contribution in [0.15, 0.2) is 35.4 Å². The van der Waals surface area contributed by atoms with E-state index in [4.69, 9.17) is 4.98 Å². The van der Waals surface area contributed by atoms with Gasteiger partial charge in [0, 0.05) is 24.9 Å². The molecule has 0 saturated carbocycles. The molecular formula is C23H27N8O+. The smallest absolute Gasteiger partial charge is 0.293 e. The summed E-state index contributed by atoms with van der Waals surface area (Å²) < 4.78 is 5.41. The number of hydrogen-bond donors (Lipinski definition) is 1. The van der Waals surface area contributed by atoms with Gasteiger partial charge in [0.2, 0.25) is 5.95 Å². The lowest BCUT2D eigenvalue weighted by Gasteiger charge is -2.29. The van der Waals surface area contributed by atoms with Gasteiger partial charge in [-0.3, -0.25) is 9.36 Å². The summed E-state index contributed by atoms with van der Waals surface area (Å²) >= 11 is 0. The van der Waals surface area contributed by atoms with Crippen LogP contribution in [0.1, 0.15) is 31.2 Å². The molecule has 0 aliphatic carbocycles. The summed E-state index contributed by atoms with van der Waals surface area (Å²) in [5.74, 6) is 6.81. The van der Waals surface area contributed by atoms with E-state index in [1.54, 1.807) is 13.1 Å². The van der Waals surface area contributed by atoms with Crippen molar-refractivity contribution in [2.45, 2.75) is 45.8 Å². The van der Waals surface area contributed by atoms with Crippen LogP contribution in [-0.4, -0.2) is 47.8 Å². The maximum absolute atomic E-state index is 13.5. The van der Waals surface area contributed by atoms with E-state index in [0.29, 0.717) is 30.2 Å². The molecule has 0 amide bonds. The first kappa shape index (κ1) is 20.3. The second-order valence-electron chi connectivity index (χ2n) is 8.35. The molecule has 9 heteroatoms. The zero-order valence-corrected chi connectivity index (χ0v) is 18.5. The summed E-state index contributed by atoms with van der Waals surface area (Å²) in [6.07, 6.45) is 5.80. The highest BCUT2D eigenvalue weighted by molar-refractivity contribution is 5.77. The Morgan fingerprint density at radius 3 is 2.94 bits per heavy atom. The number of hydrogen-bond acceptors (Lipinski definition) is 5. The van der Waals surface area contributed by atoms with Crippen molar-refractivity contribution in [1.29, 1.82) is 0 Å². The monoisotopic (exact) mass is 431 g/mol. The number of imidazole rings is 2. The number of nitrogens with zero attached hydrogens (tertiary/aromatic N) is 7. The first-order chi connectivity index (χ1) is 15.5. The fourth-order valence-electron chi connectivity index (χ4n) is 4.41. The molecule has 3 N–H and O–H groups in total. The summed E-state index contributed by atoms with van der Waals surface area (Å²) in [5.41, 5.74) is 7.89. The van der Waals surface area contributed by atoms with Crippen LogP contribution in [0.3, 0.4) is 0 Å². The van der Waals surface area contributed by atoms with E-state index in [1.807, 2.05) is 40.3 Å². The van der Waals surface area contributed by atoms with E-state index in [9.17, 15) is 4.79 Å².